The number of nitrogens with zero attached hydrogens (tertiary/aromatic N) is 1. The van der Waals surface area contributed by atoms with Crippen molar-refractivity contribution in [3.63, 3.8) is 0 Å². The summed E-state index contributed by atoms with van der Waals surface area (Å²) in [6.45, 7) is 3.93. The first-order chi connectivity index (χ1) is 5.15. The van der Waals surface area contributed by atoms with Gasteiger partial charge in [-0.1, -0.05) is 11.6 Å². The van der Waals surface area contributed by atoms with E-state index in [4.69, 9.17) is 16.3 Å². The standard InChI is InChI=1S/C8H10ClNO/c1-5-4-7(9)10-8(11-3)6(5)2/h4H,1-3H3. The van der Waals surface area contributed by atoms with Gasteiger partial charge in [0.05, 0.1) is 7.11 Å². The number of rotatable bonds is 1. The predicted molar refractivity (Wildman–Crippen MR) is 45.3 cm³/mol. The van der Waals surface area contributed by atoms with Crippen LogP contribution in [0.2, 0.25) is 5.15 Å². The summed E-state index contributed by atoms with van der Waals surface area (Å²) in [5.41, 5.74) is 2.14. The Morgan fingerprint density at radius 2 is 2.09 bits per heavy atom. The second kappa shape index (κ2) is 3.09. The normalized spacial score (nSPS) is 9.82. The molecule has 3 heteroatoms. The predicted octanol–water partition coefficient (Wildman–Crippen LogP) is 2.36. The molecule has 0 amide bonds. The van der Waals surface area contributed by atoms with Crippen molar-refractivity contribution in [2.75, 3.05) is 7.11 Å². The lowest BCUT2D eigenvalue weighted by Gasteiger charge is -2.05. The molecule has 0 aliphatic carbocycles. The van der Waals surface area contributed by atoms with Gasteiger partial charge in [0, 0.05) is 5.56 Å². The van der Waals surface area contributed by atoms with E-state index in [1.54, 1.807) is 7.11 Å². The molecule has 0 spiro atoms. The number of methoxy groups -OCH3 is 1. The molecule has 0 saturated carbocycles. The maximum absolute atomic E-state index is 5.71. The van der Waals surface area contributed by atoms with E-state index < -0.39 is 0 Å². The molecule has 1 aromatic heterocycles. The van der Waals surface area contributed by atoms with Gasteiger partial charge < -0.3 is 4.74 Å². The van der Waals surface area contributed by atoms with Crippen molar-refractivity contribution in [1.82, 2.24) is 4.98 Å². The van der Waals surface area contributed by atoms with E-state index in [0.29, 0.717) is 11.0 Å². The summed E-state index contributed by atoms with van der Waals surface area (Å²) in [6, 6.07) is 1.82. The van der Waals surface area contributed by atoms with Crippen LogP contribution in [0.3, 0.4) is 0 Å². The Morgan fingerprint density at radius 1 is 1.45 bits per heavy atom. The molecule has 60 valence electrons. The van der Waals surface area contributed by atoms with Gasteiger partial charge in [0.15, 0.2) is 0 Å². The SMILES string of the molecule is COc1nc(Cl)cc(C)c1C. The third kappa shape index (κ3) is 1.63. The highest BCUT2D eigenvalue weighted by molar-refractivity contribution is 6.29. The average Bonchev–Trinajstić information content (AvgIpc) is 1.96. The molecule has 11 heavy (non-hydrogen) atoms. The number of aryl methyl sites for hydroxylation is 1. The highest BCUT2D eigenvalue weighted by atomic mass is 35.5. The third-order valence-electron chi connectivity index (χ3n) is 1.65. The third-order valence-corrected chi connectivity index (χ3v) is 1.84. The fourth-order valence-corrected chi connectivity index (χ4v) is 1.11. The summed E-state index contributed by atoms with van der Waals surface area (Å²) in [7, 11) is 1.59. The number of ether oxygens (including phenoxy) is 1. The van der Waals surface area contributed by atoms with Crippen molar-refractivity contribution in [3.05, 3.63) is 22.3 Å². The molecule has 0 fully saturated rings. The first kappa shape index (κ1) is 8.34. The Morgan fingerprint density at radius 3 is 2.64 bits per heavy atom. The van der Waals surface area contributed by atoms with Crippen molar-refractivity contribution in [1.29, 1.82) is 0 Å². The molecular formula is C8H10ClNO. The van der Waals surface area contributed by atoms with Crippen molar-refractivity contribution in [2.24, 2.45) is 0 Å². The van der Waals surface area contributed by atoms with Crippen LogP contribution < -0.4 is 4.74 Å². The first-order valence-corrected chi connectivity index (χ1v) is 3.70. The molecule has 0 bridgehead atoms. The maximum Gasteiger partial charge on any atom is 0.217 e. The van der Waals surface area contributed by atoms with Crippen LogP contribution >= 0.6 is 11.6 Å². The molecular weight excluding hydrogens is 162 g/mol. The van der Waals surface area contributed by atoms with E-state index in [9.17, 15) is 0 Å². The number of halogens is 1. The van der Waals surface area contributed by atoms with Gasteiger partial charge >= 0.3 is 0 Å². The Balaban J connectivity index is 3.24. The minimum Gasteiger partial charge on any atom is -0.481 e. The zero-order valence-corrected chi connectivity index (χ0v) is 7.57. The summed E-state index contributed by atoms with van der Waals surface area (Å²) in [5.74, 6) is 0.606. The highest BCUT2D eigenvalue weighted by Crippen LogP contribution is 2.21. The molecule has 1 heterocycles. The molecule has 1 rings (SSSR count). The highest BCUT2D eigenvalue weighted by Gasteiger charge is 2.03. The van der Waals surface area contributed by atoms with E-state index in [-0.39, 0.29) is 0 Å². The molecule has 0 N–H and O–H groups in total. The van der Waals surface area contributed by atoms with E-state index in [0.717, 1.165) is 11.1 Å². The van der Waals surface area contributed by atoms with Gasteiger partial charge in [-0.15, -0.1) is 0 Å². The van der Waals surface area contributed by atoms with Crippen LogP contribution in [0.15, 0.2) is 6.07 Å². The van der Waals surface area contributed by atoms with Crippen molar-refractivity contribution in [3.8, 4) is 5.88 Å². The fourth-order valence-electron chi connectivity index (χ4n) is 0.867. The van der Waals surface area contributed by atoms with Gasteiger partial charge in [-0.3, -0.25) is 0 Å². The van der Waals surface area contributed by atoms with Crippen molar-refractivity contribution in [2.45, 2.75) is 13.8 Å². The largest absolute Gasteiger partial charge is 0.481 e. The summed E-state index contributed by atoms with van der Waals surface area (Å²) >= 11 is 5.71. The van der Waals surface area contributed by atoms with Gasteiger partial charge in [0.25, 0.3) is 0 Å². The molecule has 0 radical (unpaired) electrons. The lowest BCUT2D eigenvalue weighted by atomic mass is 10.2. The Labute approximate surface area is 71.2 Å². The maximum atomic E-state index is 5.71. The quantitative estimate of drug-likeness (QED) is 0.606. The number of hydrogen-bond acceptors (Lipinski definition) is 2. The second-order valence-corrected chi connectivity index (χ2v) is 2.78. The minimum absolute atomic E-state index is 0.477. The molecule has 0 aromatic carbocycles. The molecule has 0 atom stereocenters. The van der Waals surface area contributed by atoms with E-state index >= 15 is 0 Å². The topological polar surface area (TPSA) is 22.1 Å². The Hall–Kier alpha value is -0.760. The van der Waals surface area contributed by atoms with Crippen LogP contribution in [0.5, 0.6) is 5.88 Å². The minimum atomic E-state index is 0.477. The fraction of sp³-hybridized carbons (Fsp3) is 0.375. The molecule has 0 aliphatic heterocycles. The molecule has 0 unspecified atom stereocenters. The number of hydrogen-bond donors (Lipinski definition) is 0. The summed E-state index contributed by atoms with van der Waals surface area (Å²) in [6.07, 6.45) is 0. The summed E-state index contributed by atoms with van der Waals surface area (Å²) < 4.78 is 5.01. The first-order valence-electron chi connectivity index (χ1n) is 3.33. The number of aromatic nitrogens is 1. The van der Waals surface area contributed by atoms with Crippen LogP contribution in [-0.2, 0) is 0 Å². The Kier molecular flexibility index (Phi) is 2.35. The average molecular weight is 172 g/mol. The van der Waals surface area contributed by atoms with Gasteiger partial charge in [-0.2, -0.15) is 0 Å². The summed E-state index contributed by atoms with van der Waals surface area (Å²) in [5, 5.41) is 0.477. The van der Waals surface area contributed by atoms with E-state index in [2.05, 4.69) is 4.98 Å². The van der Waals surface area contributed by atoms with E-state index in [1.165, 1.54) is 0 Å². The van der Waals surface area contributed by atoms with Crippen molar-refractivity contribution >= 4 is 11.6 Å². The van der Waals surface area contributed by atoms with E-state index in [1.807, 2.05) is 19.9 Å². The molecule has 0 aliphatic rings. The van der Waals surface area contributed by atoms with Crippen molar-refractivity contribution < 1.29 is 4.74 Å². The Bertz CT molecular complexity index is 273. The van der Waals surface area contributed by atoms with Crippen LogP contribution in [0, 0.1) is 13.8 Å². The van der Waals surface area contributed by atoms with Crippen LogP contribution in [0.25, 0.3) is 0 Å². The van der Waals surface area contributed by atoms with Gasteiger partial charge in [-0.25, -0.2) is 4.98 Å². The van der Waals surface area contributed by atoms with Gasteiger partial charge in [0.2, 0.25) is 5.88 Å². The summed E-state index contributed by atoms with van der Waals surface area (Å²) in [4.78, 5) is 4.00. The molecule has 0 saturated heterocycles. The second-order valence-electron chi connectivity index (χ2n) is 2.40. The van der Waals surface area contributed by atoms with Crippen LogP contribution in [-0.4, -0.2) is 12.1 Å². The molecule has 1 aromatic rings. The lowest BCUT2D eigenvalue weighted by Crippen LogP contribution is -1.93. The lowest BCUT2D eigenvalue weighted by molar-refractivity contribution is 0.394. The number of pyridine rings is 1. The van der Waals surface area contributed by atoms with Crippen LogP contribution in [0.1, 0.15) is 11.1 Å². The molecule has 2 nitrogen and oxygen atoms in total. The zero-order valence-electron chi connectivity index (χ0n) is 6.81. The van der Waals surface area contributed by atoms with Gasteiger partial charge in [-0.05, 0) is 25.5 Å². The monoisotopic (exact) mass is 171 g/mol. The smallest absolute Gasteiger partial charge is 0.217 e. The van der Waals surface area contributed by atoms with Gasteiger partial charge in [0.1, 0.15) is 5.15 Å². The zero-order chi connectivity index (χ0) is 8.43. The van der Waals surface area contributed by atoms with Crippen LogP contribution in [0.4, 0.5) is 0 Å².